The van der Waals surface area contributed by atoms with Gasteiger partial charge in [0.1, 0.15) is 5.69 Å². The van der Waals surface area contributed by atoms with Gasteiger partial charge in [0, 0.05) is 31.0 Å². The number of nitrogens with zero attached hydrogens (tertiary/aromatic N) is 1. The SMILES string of the molecule is CNC(=O)c1ccc([N+](=O)[O-])c(NCC(C)(O)CSC)c1. The molecule has 0 radical (unpaired) electrons. The molecule has 8 heteroatoms. The van der Waals surface area contributed by atoms with E-state index in [1.165, 1.54) is 37.0 Å². The molecule has 0 saturated carbocycles. The number of nitro groups is 1. The monoisotopic (exact) mass is 313 g/mol. The number of nitrogens with one attached hydrogen (secondary N) is 2. The number of hydrogen-bond acceptors (Lipinski definition) is 6. The van der Waals surface area contributed by atoms with Gasteiger partial charge in [-0.3, -0.25) is 14.9 Å². The lowest BCUT2D eigenvalue weighted by Crippen LogP contribution is -2.36. The predicted octanol–water partition coefficient (Wildman–Crippen LogP) is 1.48. The maximum Gasteiger partial charge on any atom is 0.292 e. The fourth-order valence-corrected chi connectivity index (χ4v) is 2.49. The van der Waals surface area contributed by atoms with Crippen LogP contribution >= 0.6 is 11.8 Å². The first-order chi connectivity index (χ1) is 9.80. The van der Waals surface area contributed by atoms with Crippen molar-refractivity contribution >= 4 is 29.0 Å². The van der Waals surface area contributed by atoms with Crippen LogP contribution < -0.4 is 10.6 Å². The zero-order valence-electron chi connectivity index (χ0n) is 12.2. The van der Waals surface area contributed by atoms with E-state index in [9.17, 15) is 20.0 Å². The van der Waals surface area contributed by atoms with Crippen LogP contribution in [0.15, 0.2) is 18.2 Å². The van der Waals surface area contributed by atoms with Crippen LogP contribution in [0.1, 0.15) is 17.3 Å². The zero-order chi connectivity index (χ0) is 16.0. The standard InChI is InChI=1S/C13H19N3O4S/c1-13(18,8-21-3)7-15-10-6-9(12(17)14-2)4-5-11(10)16(19)20/h4-6,15,18H,7-8H2,1-3H3,(H,14,17). The van der Waals surface area contributed by atoms with E-state index in [2.05, 4.69) is 10.6 Å². The van der Waals surface area contributed by atoms with Crippen molar-refractivity contribution in [2.24, 2.45) is 0 Å². The van der Waals surface area contributed by atoms with Crippen LogP contribution in [0.2, 0.25) is 0 Å². The Bertz CT molecular complexity index is 534. The molecule has 7 nitrogen and oxygen atoms in total. The number of thioether (sulfide) groups is 1. The van der Waals surface area contributed by atoms with Crippen molar-refractivity contribution in [1.82, 2.24) is 5.32 Å². The largest absolute Gasteiger partial charge is 0.387 e. The van der Waals surface area contributed by atoms with Crippen molar-refractivity contribution in [1.29, 1.82) is 0 Å². The van der Waals surface area contributed by atoms with E-state index in [1.807, 2.05) is 6.26 Å². The molecular formula is C13H19N3O4S. The average molecular weight is 313 g/mol. The van der Waals surface area contributed by atoms with Crippen molar-refractivity contribution in [3.05, 3.63) is 33.9 Å². The van der Waals surface area contributed by atoms with Crippen LogP contribution in [0.5, 0.6) is 0 Å². The third-order valence-corrected chi connectivity index (χ3v) is 3.71. The number of anilines is 1. The minimum absolute atomic E-state index is 0.136. The Kier molecular flexibility index (Phi) is 5.98. The highest BCUT2D eigenvalue weighted by Gasteiger charge is 2.22. The molecule has 21 heavy (non-hydrogen) atoms. The molecule has 0 saturated heterocycles. The Balaban J connectivity index is 3.01. The zero-order valence-corrected chi connectivity index (χ0v) is 13.0. The first-order valence-electron chi connectivity index (χ1n) is 6.26. The summed E-state index contributed by atoms with van der Waals surface area (Å²) in [5, 5.41) is 26.4. The van der Waals surface area contributed by atoms with Crippen molar-refractivity contribution in [3.8, 4) is 0 Å². The number of amides is 1. The highest BCUT2D eigenvalue weighted by atomic mass is 32.2. The van der Waals surface area contributed by atoms with Crippen LogP contribution in [0.25, 0.3) is 0 Å². The maximum absolute atomic E-state index is 11.6. The summed E-state index contributed by atoms with van der Waals surface area (Å²) in [4.78, 5) is 22.1. The fourth-order valence-electron chi connectivity index (χ4n) is 1.77. The van der Waals surface area contributed by atoms with Gasteiger partial charge in [-0.2, -0.15) is 11.8 Å². The average Bonchev–Trinajstić information content (AvgIpc) is 2.43. The van der Waals surface area contributed by atoms with E-state index in [1.54, 1.807) is 6.92 Å². The molecular weight excluding hydrogens is 294 g/mol. The maximum atomic E-state index is 11.6. The number of hydrogen-bond donors (Lipinski definition) is 3. The number of carbonyl (C=O) groups is 1. The molecule has 0 heterocycles. The van der Waals surface area contributed by atoms with Gasteiger partial charge in [-0.25, -0.2) is 0 Å². The molecule has 0 spiro atoms. The normalized spacial score (nSPS) is 13.3. The molecule has 3 N–H and O–H groups in total. The van der Waals surface area contributed by atoms with Gasteiger partial charge >= 0.3 is 0 Å². The van der Waals surface area contributed by atoms with Crippen LogP contribution in [-0.4, -0.2) is 47.1 Å². The second-order valence-electron chi connectivity index (χ2n) is 4.85. The molecule has 0 bridgehead atoms. The summed E-state index contributed by atoms with van der Waals surface area (Å²) in [5.74, 6) is 0.159. The molecule has 1 aromatic rings. The van der Waals surface area contributed by atoms with E-state index in [-0.39, 0.29) is 23.8 Å². The van der Waals surface area contributed by atoms with E-state index >= 15 is 0 Å². The molecule has 0 fully saturated rings. The number of carbonyl (C=O) groups excluding carboxylic acids is 1. The van der Waals surface area contributed by atoms with Crippen molar-refractivity contribution in [2.75, 3.05) is 30.9 Å². The number of rotatable bonds is 7. The van der Waals surface area contributed by atoms with Gasteiger partial charge < -0.3 is 15.7 Å². The van der Waals surface area contributed by atoms with Gasteiger partial charge in [-0.05, 0) is 25.3 Å². The van der Waals surface area contributed by atoms with E-state index < -0.39 is 10.5 Å². The fraction of sp³-hybridized carbons (Fsp3) is 0.462. The molecule has 116 valence electrons. The summed E-state index contributed by atoms with van der Waals surface area (Å²) in [7, 11) is 1.49. The summed E-state index contributed by atoms with van der Waals surface area (Å²) in [6.45, 7) is 1.79. The van der Waals surface area contributed by atoms with Crippen LogP contribution in [0.3, 0.4) is 0 Å². The second-order valence-corrected chi connectivity index (χ2v) is 5.72. The Morgan fingerprint density at radius 3 is 2.71 bits per heavy atom. The van der Waals surface area contributed by atoms with Crippen LogP contribution in [-0.2, 0) is 0 Å². The van der Waals surface area contributed by atoms with E-state index in [0.29, 0.717) is 11.3 Å². The van der Waals surface area contributed by atoms with Gasteiger partial charge in [0.05, 0.1) is 10.5 Å². The highest BCUT2D eigenvalue weighted by Crippen LogP contribution is 2.26. The molecule has 1 atom stereocenters. The Hall–Kier alpha value is -1.80. The van der Waals surface area contributed by atoms with Gasteiger partial charge in [-0.1, -0.05) is 0 Å². The molecule has 1 amide bonds. The molecule has 0 aromatic heterocycles. The highest BCUT2D eigenvalue weighted by molar-refractivity contribution is 7.98. The lowest BCUT2D eigenvalue weighted by Gasteiger charge is -2.23. The Morgan fingerprint density at radius 1 is 1.52 bits per heavy atom. The van der Waals surface area contributed by atoms with Gasteiger partial charge in [0.2, 0.25) is 0 Å². The van der Waals surface area contributed by atoms with Crippen molar-refractivity contribution in [3.63, 3.8) is 0 Å². The van der Waals surface area contributed by atoms with Crippen LogP contribution in [0, 0.1) is 10.1 Å². The molecule has 1 unspecified atom stereocenters. The van der Waals surface area contributed by atoms with E-state index in [4.69, 9.17) is 0 Å². The number of aliphatic hydroxyl groups is 1. The van der Waals surface area contributed by atoms with Gasteiger partial charge in [-0.15, -0.1) is 0 Å². The summed E-state index contributed by atoms with van der Waals surface area (Å²) >= 11 is 1.48. The molecule has 0 aliphatic rings. The van der Waals surface area contributed by atoms with Gasteiger partial charge in [0.25, 0.3) is 11.6 Å². The lowest BCUT2D eigenvalue weighted by molar-refractivity contribution is -0.384. The molecule has 1 rings (SSSR count). The van der Waals surface area contributed by atoms with Crippen molar-refractivity contribution in [2.45, 2.75) is 12.5 Å². The molecule has 0 aliphatic carbocycles. The summed E-state index contributed by atoms with van der Waals surface area (Å²) in [5.41, 5.74) is -0.615. The summed E-state index contributed by atoms with van der Waals surface area (Å²) in [6.07, 6.45) is 1.86. The summed E-state index contributed by atoms with van der Waals surface area (Å²) < 4.78 is 0. The van der Waals surface area contributed by atoms with Gasteiger partial charge in [0.15, 0.2) is 0 Å². The van der Waals surface area contributed by atoms with Crippen LogP contribution in [0.4, 0.5) is 11.4 Å². The summed E-state index contributed by atoms with van der Waals surface area (Å²) in [6, 6.07) is 4.07. The molecule has 1 aromatic carbocycles. The smallest absolute Gasteiger partial charge is 0.292 e. The topological polar surface area (TPSA) is 104 Å². The quantitative estimate of drug-likeness (QED) is 0.520. The minimum Gasteiger partial charge on any atom is -0.387 e. The molecule has 0 aliphatic heterocycles. The Morgan fingerprint density at radius 2 is 2.19 bits per heavy atom. The first kappa shape index (κ1) is 17.3. The number of benzene rings is 1. The second kappa shape index (κ2) is 7.28. The third kappa shape index (κ3) is 4.91. The Labute approximate surface area is 127 Å². The van der Waals surface area contributed by atoms with Crippen molar-refractivity contribution < 1.29 is 14.8 Å². The lowest BCUT2D eigenvalue weighted by atomic mass is 10.1. The minimum atomic E-state index is -1.00. The first-order valence-corrected chi connectivity index (χ1v) is 7.66. The number of nitro benzene ring substituents is 1. The third-order valence-electron chi connectivity index (χ3n) is 2.80. The predicted molar refractivity (Wildman–Crippen MR) is 84.0 cm³/mol. The van der Waals surface area contributed by atoms with E-state index in [0.717, 1.165) is 0 Å².